The Morgan fingerprint density at radius 2 is 1.89 bits per heavy atom. The molecule has 2 heterocycles. The maximum Gasteiger partial charge on any atom is 0.339 e. The summed E-state index contributed by atoms with van der Waals surface area (Å²) >= 11 is 13.8. The van der Waals surface area contributed by atoms with Crippen molar-refractivity contribution < 1.29 is 9.67 Å². The zero-order chi connectivity index (χ0) is 13.9. The molecule has 5 nitrogen and oxygen atoms in total. The molecular weight excluding hydrogens is 321 g/mol. The third-order valence-corrected chi connectivity index (χ3v) is 1.79. The molecule has 0 atom stereocenters. The smallest absolute Gasteiger partial charge is 0.339 e. The van der Waals surface area contributed by atoms with E-state index < -0.39 is 5.20 Å². The lowest BCUT2D eigenvalue weighted by atomic mass is 10.2. The lowest BCUT2D eigenvalue weighted by molar-refractivity contribution is 0.479. The minimum absolute atomic E-state index is 0.0845. The van der Waals surface area contributed by atoms with Gasteiger partial charge in [0.1, 0.15) is 11.3 Å². The number of aromatic hydroxyl groups is 1. The maximum atomic E-state index is 11.0. The molecular formula is C9H8Cl3N2O3P. The molecule has 98 valence electrons. The number of rotatable bonds is 0. The number of nitrogens with zero attached hydrogens (tertiary/aromatic N) is 1. The summed E-state index contributed by atoms with van der Waals surface area (Å²) in [7, 11) is 0. The molecule has 0 radical (unpaired) electrons. The third kappa shape index (κ3) is 5.27. The average molecular weight is 330 g/mol. The van der Waals surface area contributed by atoms with Crippen LogP contribution in [0.1, 0.15) is 5.56 Å². The molecule has 0 bridgehead atoms. The van der Waals surface area contributed by atoms with E-state index in [9.17, 15) is 14.5 Å². The molecule has 0 aliphatic carbocycles. The SMILES string of the molecule is Cc1cnc2c(O)cc(=O)[nH]c2c1.O=P(Cl)(Cl)Cl. The fraction of sp³-hybridized carbons (Fsp3) is 0.111. The molecule has 0 saturated heterocycles. The highest BCUT2D eigenvalue weighted by molar-refractivity contribution is 8.24. The first kappa shape index (κ1) is 15.3. The zero-order valence-electron chi connectivity index (χ0n) is 9.02. The molecule has 0 aromatic carbocycles. The third-order valence-electron chi connectivity index (χ3n) is 1.79. The van der Waals surface area contributed by atoms with Crippen molar-refractivity contribution in [3.63, 3.8) is 0 Å². The molecule has 0 saturated carbocycles. The standard InChI is InChI=1S/C9H8N2O2.Cl3OP/c1-5-2-6-9(10-4-5)7(12)3-8(13)11-6;1-5(2,3)4/h2-4H,1H3,(H2,11,12,13);. The molecule has 0 aliphatic heterocycles. The first-order chi connectivity index (χ1) is 8.16. The predicted octanol–water partition coefficient (Wildman–Crippen LogP) is 3.75. The highest BCUT2D eigenvalue weighted by Crippen LogP contribution is 2.61. The van der Waals surface area contributed by atoms with Crippen LogP contribution in [0.4, 0.5) is 0 Å². The number of hydrogen-bond acceptors (Lipinski definition) is 4. The Morgan fingerprint density at radius 3 is 2.44 bits per heavy atom. The Balaban J connectivity index is 0.000000280. The Bertz CT molecular complexity index is 659. The van der Waals surface area contributed by atoms with Gasteiger partial charge >= 0.3 is 5.20 Å². The van der Waals surface area contributed by atoms with Crippen LogP contribution < -0.4 is 5.56 Å². The van der Waals surface area contributed by atoms with Gasteiger partial charge in [0, 0.05) is 12.3 Å². The topological polar surface area (TPSA) is 83.1 Å². The van der Waals surface area contributed by atoms with Crippen LogP contribution in [0.5, 0.6) is 5.75 Å². The molecule has 2 rings (SSSR count). The number of H-pyrrole nitrogens is 1. The second-order valence-electron chi connectivity index (χ2n) is 3.33. The van der Waals surface area contributed by atoms with Crippen LogP contribution in [-0.2, 0) is 4.57 Å². The Kier molecular flexibility index (Phi) is 5.05. The van der Waals surface area contributed by atoms with E-state index in [1.807, 2.05) is 6.92 Å². The van der Waals surface area contributed by atoms with E-state index in [-0.39, 0.29) is 11.3 Å². The Hall–Kier alpha value is -0.740. The minimum atomic E-state index is -3.22. The lowest BCUT2D eigenvalue weighted by Crippen LogP contribution is -2.03. The van der Waals surface area contributed by atoms with Gasteiger partial charge in [-0.2, -0.15) is 0 Å². The van der Waals surface area contributed by atoms with Crippen LogP contribution in [-0.4, -0.2) is 15.1 Å². The summed E-state index contributed by atoms with van der Waals surface area (Å²) in [5.41, 5.74) is 1.60. The normalized spacial score (nSPS) is 10.9. The molecule has 2 aromatic rings. The number of nitrogens with one attached hydrogen (secondary N) is 1. The summed E-state index contributed by atoms with van der Waals surface area (Å²) < 4.78 is 9.51. The van der Waals surface area contributed by atoms with Crippen molar-refractivity contribution in [3.8, 4) is 5.75 Å². The molecule has 9 heteroatoms. The first-order valence-corrected chi connectivity index (χ1v) is 8.96. The summed E-state index contributed by atoms with van der Waals surface area (Å²) in [5, 5.41) is 6.14. The van der Waals surface area contributed by atoms with E-state index in [2.05, 4.69) is 43.7 Å². The van der Waals surface area contributed by atoms with Gasteiger partial charge in [0.05, 0.1) is 5.52 Å². The number of pyridine rings is 2. The van der Waals surface area contributed by atoms with Crippen LogP contribution in [0, 0.1) is 6.92 Å². The van der Waals surface area contributed by atoms with E-state index in [0.29, 0.717) is 11.0 Å². The van der Waals surface area contributed by atoms with E-state index in [4.69, 9.17) is 0 Å². The lowest BCUT2D eigenvalue weighted by Gasteiger charge is -1.99. The number of aryl methyl sites for hydroxylation is 1. The quantitative estimate of drug-likeness (QED) is 0.721. The average Bonchev–Trinajstić information content (AvgIpc) is 2.13. The van der Waals surface area contributed by atoms with Gasteiger partial charge in [-0.05, 0) is 52.3 Å². The number of hydrogen-bond donors (Lipinski definition) is 2. The molecule has 2 N–H and O–H groups in total. The summed E-state index contributed by atoms with van der Waals surface area (Å²) in [5.74, 6) is -0.0845. The van der Waals surface area contributed by atoms with Crippen LogP contribution in [0.15, 0.2) is 23.1 Å². The molecule has 18 heavy (non-hydrogen) atoms. The fourth-order valence-corrected chi connectivity index (χ4v) is 1.23. The number of aromatic nitrogens is 2. The largest absolute Gasteiger partial charge is 0.505 e. The van der Waals surface area contributed by atoms with Gasteiger partial charge in [0.2, 0.25) is 0 Å². The van der Waals surface area contributed by atoms with Gasteiger partial charge in [-0.25, -0.2) is 0 Å². The van der Waals surface area contributed by atoms with Gasteiger partial charge < -0.3 is 10.1 Å². The van der Waals surface area contributed by atoms with Crippen molar-refractivity contribution in [1.29, 1.82) is 0 Å². The fourth-order valence-electron chi connectivity index (χ4n) is 1.23. The van der Waals surface area contributed by atoms with E-state index in [1.165, 1.54) is 0 Å². The second kappa shape index (κ2) is 5.93. The van der Waals surface area contributed by atoms with Crippen molar-refractivity contribution in [2.45, 2.75) is 6.92 Å². The zero-order valence-corrected chi connectivity index (χ0v) is 12.2. The molecule has 0 fully saturated rings. The molecule has 0 unspecified atom stereocenters. The molecule has 0 spiro atoms. The van der Waals surface area contributed by atoms with Gasteiger partial charge in [-0.15, -0.1) is 0 Å². The van der Waals surface area contributed by atoms with Crippen molar-refractivity contribution >= 4 is 50.0 Å². The van der Waals surface area contributed by atoms with Gasteiger partial charge in [-0.3, -0.25) is 14.3 Å². The van der Waals surface area contributed by atoms with Gasteiger partial charge in [0.15, 0.2) is 0 Å². The van der Waals surface area contributed by atoms with Crippen molar-refractivity contribution in [3.05, 3.63) is 34.2 Å². The summed E-state index contributed by atoms with van der Waals surface area (Å²) in [4.78, 5) is 17.6. The van der Waals surface area contributed by atoms with Crippen molar-refractivity contribution in [2.24, 2.45) is 0 Å². The minimum Gasteiger partial charge on any atom is -0.505 e. The highest BCUT2D eigenvalue weighted by atomic mass is 36.0. The van der Waals surface area contributed by atoms with Crippen molar-refractivity contribution in [2.75, 3.05) is 0 Å². The van der Waals surface area contributed by atoms with Gasteiger partial charge in [-0.1, -0.05) is 0 Å². The Labute approximate surface area is 116 Å². The maximum absolute atomic E-state index is 11.0. The highest BCUT2D eigenvalue weighted by Gasteiger charge is 2.03. The molecule has 0 amide bonds. The summed E-state index contributed by atoms with van der Waals surface area (Å²) in [6.45, 7) is 1.87. The van der Waals surface area contributed by atoms with E-state index in [0.717, 1.165) is 11.6 Å². The number of halogens is 3. The molecule has 2 aromatic heterocycles. The van der Waals surface area contributed by atoms with Gasteiger partial charge in [0.25, 0.3) is 5.56 Å². The first-order valence-electron chi connectivity index (χ1n) is 4.54. The molecule has 0 aliphatic rings. The van der Waals surface area contributed by atoms with Crippen LogP contribution in [0.3, 0.4) is 0 Å². The van der Waals surface area contributed by atoms with Crippen LogP contribution >= 0.6 is 38.9 Å². The van der Waals surface area contributed by atoms with Crippen LogP contribution in [0.25, 0.3) is 11.0 Å². The Morgan fingerprint density at radius 1 is 1.33 bits per heavy atom. The van der Waals surface area contributed by atoms with E-state index in [1.54, 1.807) is 12.3 Å². The summed E-state index contributed by atoms with van der Waals surface area (Å²) in [6.07, 6.45) is 1.64. The van der Waals surface area contributed by atoms with E-state index >= 15 is 0 Å². The summed E-state index contributed by atoms with van der Waals surface area (Å²) in [6, 6.07) is 2.88. The number of fused-ring (bicyclic) bond motifs is 1. The monoisotopic (exact) mass is 328 g/mol. The van der Waals surface area contributed by atoms with Crippen LogP contribution in [0.2, 0.25) is 0 Å². The second-order valence-corrected chi connectivity index (χ2v) is 9.97. The van der Waals surface area contributed by atoms with Crippen molar-refractivity contribution in [1.82, 2.24) is 9.97 Å². The number of aromatic amines is 1. The predicted molar refractivity (Wildman–Crippen MR) is 73.9 cm³/mol.